The van der Waals surface area contributed by atoms with Gasteiger partial charge in [0.2, 0.25) is 0 Å². The van der Waals surface area contributed by atoms with Crippen LogP contribution in [-0.4, -0.2) is 13.7 Å². The SMILES string of the molecule is COc1cccc(C2(CC(C)(C)C)CCCCN2)c1. The summed E-state index contributed by atoms with van der Waals surface area (Å²) in [4.78, 5) is 0. The largest absolute Gasteiger partial charge is 0.497 e. The number of hydrogen-bond acceptors (Lipinski definition) is 2. The van der Waals surface area contributed by atoms with Crippen molar-refractivity contribution in [3.05, 3.63) is 29.8 Å². The number of benzene rings is 1. The van der Waals surface area contributed by atoms with Crippen molar-refractivity contribution in [2.45, 2.75) is 52.0 Å². The third-order valence-electron chi connectivity index (χ3n) is 3.95. The summed E-state index contributed by atoms with van der Waals surface area (Å²) in [6, 6.07) is 8.57. The molecule has 1 aromatic rings. The van der Waals surface area contributed by atoms with Crippen LogP contribution in [0.3, 0.4) is 0 Å². The normalized spacial score (nSPS) is 24.2. The maximum absolute atomic E-state index is 5.39. The molecule has 0 bridgehead atoms. The first-order chi connectivity index (χ1) is 8.95. The second-order valence-electron chi connectivity index (χ2n) is 6.94. The minimum atomic E-state index is 0.116. The summed E-state index contributed by atoms with van der Waals surface area (Å²) in [5.74, 6) is 0.957. The van der Waals surface area contributed by atoms with Crippen LogP contribution in [0.15, 0.2) is 24.3 Å². The molecule has 19 heavy (non-hydrogen) atoms. The van der Waals surface area contributed by atoms with E-state index in [4.69, 9.17) is 4.74 Å². The molecule has 1 atom stereocenters. The van der Waals surface area contributed by atoms with Crippen molar-refractivity contribution < 1.29 is 4.74 Å². The zero-order chi connectivity index (χ0) is 13.9. The molecule has 106 valence electrons. The third kappa shape index (κ3) is 3.50. The molecular formula is C17H27NO. The fourth-order valence-corrected chi connectivity index (χ4v) is 3.29. The van der Waals surface area contributed by atoms with E-state index in [1.807, 2.05) is 6.07 Å². The van der Waals surface area contributed by atoms with Crippen molar-refractivity contribution in [1.29, 1.82) is 0 Å². The van der Waals surface area contributed by atoms with Gasteiger partial charge in [-0.1, -0.05) is 39.3 Å². The zero-order valence-electron chi connectivity index (χ0n) is 12.8. The maximum Gasteiger partial charge on any atom is 0.119 e. The van der Waals surface area contributed by atoms with Crippen LogP contribution >= 0.6 is 0 Å². The maximum atomic E-state index is 5.39. The van der Waals surface area contributed by atoms with Crippen molar-refractivity contribution in [2.24, 2.45) is 5.41 Å². The molecule has 2 rings (SSSR count). The summed E-state index contributed by atoms with van der Waals surface area (Å²) in [6.45, 7) is 8.09. The molecule has 1 aliphatic rings. The number of piperidine rings is 1. The van der Waals surface area contributed by atoms with E-state index in [9.17, 15) is 0 Å². The minimum Gasteiger partial charge on any atom is -0.497 e. The molecule has 0 saturated carbocycles. The van der Waals surface area contributed by atoms with Crippen LogP contribution in [0.2, 0.25) is 0 Å². The highest BCUT2D eigenvalue weighted by molar-refractivity contribution is 5.34. The van der Waals surface area contributed by atoms with E-state index >= 15 is 0 Å². The Kier molecular flexibility index (Phi) is 4.19. The topological polar surface area (TPSA) is 21.3 Å². The lowest BCUT2D eigenvalue weighted by atomic mass is 9.72. The van der Waals surface area contributed by atoms with Gasteiger partial charge in [-0.25, -0.2) is 0 Å². The van der Waals surface area contributed by atoms with Gasteiger partial charge >= 0.3 is 0 Å². The fraction of sp³-hybridized carbons (Fsp3) is 0.647. The summed E-state index contributed by atoms with van der Waals surface area (Å²) in [6.07, 6.45) is 4.97. The van der Waals surface area contributed by atoms with Gasteiger partial charge in [-0.05, 0) is 48.9 Å². The lowest BCUT2D eigenvalue weighted by molar-refractivity contribution is 0.169. The Labute approximate surface area is 117 Å². The Balaban J connectivity index is 2.35. The van der Waals surface area contributed by atoms with Gasteiger partial charge in [-0.2, -0.15) is 0 Å². The molecule has 1 heterocycles. The van der Waals surface area contributed by atoms with E-state index in [1.54, 1.807) is 7.11 Å². The number of hydrogen-bond donors (Lipinski definition) is 1. The number of methoxy groups -OCH3 is 1. The first kappa shape index (κ1) is 14.4. The molecule has 0 amide bonds. The molecule has 0 aromatic heterocycles. The molecule has 1 N–H and O–H groups in total. The minimum absolute atomic E-state index is 0.116. The van der Waals surface area contributed by atoms with Gasteiger partial charge in [0.25, 0.3) is 0 Å². The zero-order valence-corrected chi connectivity index (χ0v) is 12.8. The monoisotopic (exact) mass is 261 g/mol. The molecule has 0 radical (unpaired) electrons. The summed E-state index contributed by atoms with van der Waals surface area (Å²) in [7, 11) is 1.74. The molecule has 1 aliphatic heterocycles. The highest BCUT2D eigenvalue weighted by Gasteiger charge is 2.37. The molecule has 1 saturated heterocycles. The van der Waals surface area contributed by atoms with Gasteiger partial charge in [0.15, 0.2) is 0 Å². The van der Waals surface area contributed by atoms with Crippen molar-refractivity contribution in [3.8, 4) is 5.75 Å². The first-order valence-corrected chi connectivity index (χ1v) is 7.35. The van der Waals surface area contributed by atoms with Crippen molar-refractivity contribution >= 4 is 0 Å². The van der Waals surface area contributed by atoms with Gasteiger partial charge in [0.05, 0.1) is 7.11 Å². The Morgan fingerprint density at radius 1 is 1.26 bits per heavy atom. The van der Waals surface area contributed by atoms with Crippen molar-refractivity contribution in [3.63, 3.8) is 0 Å². The lowest BCUT2D eigenvalue weighted by Crippen LogP contribution is -2.48. The molecular weight excluding hydrogens is 234 g/mol. The van der Waals surface area contributed by atoms with Crippen LogP contribution in [0.25, 0.3) is 0 Å². The molecule has 2 nitrogen and oxygen atoms in total. The number of nitrogens with one attached hydrogen (secondary N) is 1. The Hall–Kier alpha value is -1.02. The van der Waals surface area contributed by atoms with E-state index in [-0.39, 0.29) is 5.54 Å². The van der Waals surface area contributed by atoms with Gasteiger partial charge in [0, 0.05) is 5.54 Å². The molecule has 1 fully saturated rings. The van der Waals surface area contributed by atoms with Crippen LogP contribution in [0.4, 0.5) is 0 Å². The predicted molar refractivity (Wildman–Crippen MR) is 80.6 cm³/mol. The van der Waals surface area contributed by atoms with E-state index in [1.165, 1.54) is 24.8 Å². The number of rotatable bonds is 3. The van der Waals surface area contributed by atoms with E-state index in [2.05, 4.69) is 44.3 Å². The second kappa shape index (κ2) is 5.54. The van der Waals surface area contributed by atoms with Crippen LogP contribution in [-0.2, 0) is 5.54 Å². The van der Waals surface area contributed by atoms with Crippen LogP contribution in [0, 0.1) is 5.41 Å². The van der Waals surface area contributed by atoms with E-state index in [0.29, 0.717) is 5.41 Å². The Morgan fingerprint density at radius 3 is 2.63 bits per heavy atom. The van der Waals surface area contributed by atoms with Crippen molar-refractivity contribution in [2.75, 3.05) is 13.7 Å². The summed E-state index contributed by atoms with van der Waals surface area (Å²) >= 11 is 0. The average molecular weight is 261 g/mol. The quantitative estimate of drug-likeness (QED) is 0.884. The van der Waals surface area contributed by atoms with Gasteiger partial charge < -0.3 is 10.1 Å². The van der Waals surface area contributed by atoms with E-state index in [0.717, 1.165) is 18.7 Å². The molecule has 0 aliphatic carbocycles. The highest BCUT2D eigenvalue weighted by Crippen LogP contribution is 2.41. The average Bonchev–Trinajstić information content (AvgIpc) is 2.38. The van der Waals surface area contributed by atoms with E-state index < -0.39 is 0 Å². The fourth-order valence-electron chi connectivity index (χ4n) is 3.29. The summed E-state index contributed by atoms with van der Waals surface area (Å²) < 4.78 is 5.39. The van der Waals surface area contributed by atoms with Gasteiger partial charge in [-0.15, -0.1) is 0 Å². The summed E-state index contributed by atoms with van der Waals surface area (Å²) in [5.41, 5.74) is 1.81. The lowest BCUT2D eigenvalue weighted by Gasteiger charge is -2.43. The first-order valence-electron chi connectivity index (χ1n) is 7.35. The standard InChI is InChI=1S/C17H27NO/c1-16(2,3)13-17(10-5-6-11-18-17)14-8-7-9-15(12-14)19-4/h7-9,12,18H,5-6,10-11,13H2,1-4H3. The summed E-state index contributed by atoms with van der Waals surface area (Å²) in [5, 5.41) is 3.80. The molecule has 2 heteroatoms. The predicted octanol–water partition coefficient (Wildman–Crippen LogP) is 4.10. The molecule has 1 aromatic carbocycles. The molecule has 0 spiro atoms. The smallest absolute Gasteiger partial charge is 0.119 e. The Morgan fingerprint density at radius 2 is 2.05 bits per heavy atom. The highest BCUT2D eigenvalue weighted by atomic mass is 16.5. The third-order valence-corrected chi connectivity index (χ3v) is 3.95. The van der Waals surface area contributed by atoms with Crippen molar-refractivity contribution in [1.82, 2.24) is 5.32 Å². The van der Waals surface area contributed by atoms with Crippen LogP contribution in [0.5, 0.6) is 5.75 Å². The van der Waals surface area contributed by atoms with Gasteiger partial charge in [-0.3, -0.25) is 0 Å². The Bertz CT molecular complexity index is 414. The van der Waals surface area contributed by atoms with Gasteiger partial charge in [0.1, 0.15) is 5.75 Å². The van der Waals surface area contributed by atoms with Crippen LogP contribution < -0.4 is 10.1 Å². The number of ether oxygens (including phenoxy) is 1. The van der Waals surface area contributed by atoms with Crippen LogP contribution in [0.1, 0.15) is 52.0 Å². The second-order valence-corrected chi connectivity index (χ2v) is 6.94. The molecule has 1 unspecified atom stereocenters.